The first-order valence-corrected chi connectivity index (χ1v) is 7.58. The van der Waals surface area contributed by atoms with Crippen molar-refractivity contribution < 1.29 is 4.79 Å². The van der Waals surface area contributed by atoms with E-state index in [9.17, 15) is 4.79 Å². The Morgan fingerprint density at radius 2 is 1.83 bits per heavy atom. The van der Waals surface area contributed by atoms with E-state index in [-0.39, 0.29) is 48.2 Å². The Morgan fingerprint density at radius 3 is 2.30 bits per heavy atom. The van der Waals surface area contributed by atoms with E-state index in [1.54, 1.807) is 0 Å². The van der Waals surface area contributed by atoms with Crippen molar-refractivity contribution in [1.29, 1.82) is 0 Å². The molecule has 1 amide bonds. The zero-order valence-electron chi connectivity index (χ0n) is 14.4. The van der Waals surface area contributed by atoms with Crippen LogP contribution in [0.25, 0.3) is 0 Å². The van der Waals surface area contributed by atoms with Gasteiger partial charge in [0.2, 0.25) is 5.91 Å². The van der Waals surface area contributed by atoms with Crippen molar-refractivity contribution >= 4 is 30.7 Å². The summed E-state index contributed by atoms with van der Waals surface area (Å²) in [6.07, 6.45) is 0.869. The van der Waals surface area contributed by atoms with Gasteiger partial charge in [-0.25, -0.2) is 0 Å². The van der Waals surface area contributed by atoms with E-state index in [0.29, 0.717) is 0 Å². The second kappa shape index (κ2) is 8.88. The molecule has 2 unspecified atom stereocenters. The van der Waals surface area contributed by atoms with Crippen molar-refractivity contribution in [3.05, 3.63) is 35.9 Å². The van der Waals surface area contributed by atoms with Crippen LogP contribution < -0.4 is 5.73 Å². The molecule has 0 saturated carbocycles. The summed E-state index contributed by atoms with van der Waals surface area (Å²) in [6.45, 7) is 5.76. The number of amides is 1. The fourth-order valence-electron chi connectivity index (χ4n) is 3.03. The molecular formula is C17H29Cl2N3O. The smallest absolute Gasteiger partial charge is 0.244 e. The monoisotopic (exact) mass is 361 g/mol. The summed E-state index contributed by atoms with van der Waals surface area (Å²) in [5.74, 6) is 0.172. The number of hydrogen-bond donors (Lipinski definition) is 1. The normalized spacial score (nSPS) is 21.1. The quantitative estimate of drug-likeness (QED) is 0.900. The van der Waals surface area contributed by atoms with Crippen molar-refractivity contribution in [3.63, 3.8) is 0 Å². The number of halogens is 2. The maximum atomic E-state index is 13.0. The molecule has 1 aromatic carbocycles. The van der Waals surface area contributed by atoms with Crippen LogP contribution in [-0.4, -0.2) is 48.9 Å². The average molecular weight is 362 g/mol. The number of likely N-dealkylation sites (N-methyl/N-ethyl adjacent to an activating group) is 1. The summed E-state index contributed by atoms with van der Waals surface area (Å²) in [6, 6.07) is 9.91. The maximum Gasteiger partial charge on any atom is 0.244 e. The molecule has 0 spiro atoms. The SMILES string of the molecule is CN(C)C(C(=O)N1CCC(N)C(C)(C)C1)c1ccccc1.Cl.Cl. The number of likely N-dealkylation sites (tertiary alicyclic amines) is 1. The van der Waals surface area contributed by atoms with Gasteiger partial charge in [0.05, 0.1) is 0 Å². The third-order valence-electron chi connectivity index (χ3n) is 4.49. The van der Waals surface area contributed by atoms with Crippen LogP contribution in [0, 0.1) is 5.41 Å². The Hall–Kier alpha value is -0.810. The van der Waals surface area contributed by atoms with Crippen molar-refractivity contribution in [2.24, 2.45) is 11.1 Å². The zero-order valence-corrected chi connectivity index (χ0v) is 16.0. The second-order valence-electron chi connectivity index (χ2n) is 6.92. The number of hydrogen-bond acceptors (Lipinski definition) is 3. The van der Waals surface area contributed by atoms with Gasteiger partial charge in [0, 0.05) is 19.1 Å². The van der Waals surface area contributed by atoms with Crippen LogP contribution in [0.3, 0.4) is 0 Å². The summed E-state index contributed by atoms with van der Waals surface area (Å²) in [5.41, 5.74) is 7.19. The fraction of sp³-hybridized carbons (Fsp3) is 0.588. The van der Waals surface area contributed by atoms with Crippen LogP contribution >= 0.6 is 24.8 Å². The third-order valence-corrected chi connectivity index (χ3v) is 4.49. The van der Waals surface area contributed by atoms with Gasteiger partial charge in [0.15, 0.2) is 0 Å². The lowest BCUT2D eigenvalue weighted by Gasteiger charge is -2.44. The van der Waals surface area contributed by atoms with Gasteiger partial charge >= 0.3 is 0 Å². The van der Waals surface area contributed by atoms with Crippen LogP contribution in [0.2, 0.25) is 0 Å². The number of nitrogens with zero attached hydrogens (tertiary/aromatic N) is 2. The molecular weight excluding hydrogens is 333 g/mol. The van der Waals surface area contributed by atoms with Crippen molar-refractivity contribution in [1.82, 2.24) is 9.80 Å². The predicted molar refractivity (Wildman–Crippen MR) is 100 cm³/mol. The highest BCUT2D eigenvalue weighted by Crippen LogP contribution is 2.30. The third kappa shape index (κ3) is 5.08. The number of benzene rings is 1. The van der Waals surface area contributed by atoms with E-state index in [2.05, 4.69) is 13.8 Å². The van der Waals surface area contributed by atoms with E-state index in [1.165, 1.54) is 0 Å². The summed E-state index contributed by atoms with van der Waals surface area (Å²) >= 11 is 0. The van der Waals surface area contributed by atoms with Gasteiger partial charge in [0.1, 0.15) is 6.04 Å². The number of carbonyl (C=O) groups is 1. The lowest BCUT2D eigenvalue weighted by Crippen LogP contribution is -2.55. The molecule has 2 rings (SSSR count). The molecule has 23 heavy (non-hydrogen) atoms. The molecule has 132 valence electrons. The highest BCUT2D eigenvalue weighted by molar-refractivity contribution is 5.85. The Morgan fingerprint density at radius 1 is 1.26 bits per heavy atom. The molecule has 1 saturated heterocycles. The van der Waals surface area contributed by atoms with Crippen LogP contribution in [0.15, 0.2) is 30.3 Å². The van der Waals surface area contributed by atoms with Gasteiger partial charge in [-0.3, -0.25) is 9.69 Å². The Bertz CT molecular complexity index is 494. The Kier molecular flexibility index (Phi) is 8.57. The first-order chi connectivity index (χ1) is 9.83. The number of rotatable bonds is 3. The molecule has 1 aliphatic heterocycles. The molecule has 0 aromatic heterocycles. The van der Waals surface area contributed by atoms with Crippen LogP contribution in [0.1, 0.15) is 31.9 Å². The summed E-state index contributed by atoms with van der Waals surface area (Å²) in [5, 5.41) is 0. The Balaban J connectivity index is 0.00000242. The lowest BCUT2D eigenvalue weighted by atomic mass is 9.79. The summed E-state index contributed by atoms with van der Waals surface area (Å²) < 4.78 is 0. The van der Waals surface area contributed by atoms with Crippen LogP contribution in [0.4, 0.5) is 0 Å². The standard InChI is InChI=1S/C17H27N3O.2ClH/c1-17(2)12-20(11-10-14(17)18)16(21)15(19(3)4)13-8-6-5-7-9-13;;/h5-9,14-15H,10-12,18H2,1-4H3;2*1H. The van der Waals surface area contributed by atoms with Gasteiger partial charge in [-0.2, -0.15) is 0 Å². The average Bonchev–Trinajstić information content (AvgIpc) is 2.42. The van der Waals surface area contributed by atoms with Crippen LogP contribution in [0.5, 0.6) is 0 Å². The van der Waals surface area contributed by atoms with E-state index in [4.69, 9.17) is 5.73 Å². The molecule has 1 aliphatic rings. The number of carbonyl (C=O) groups excluding carboxylic acids is 1. The van der Waals surface area contributed by atoms with Gasteiger partial charge in [-0.05, 0) is 31.5 Å². The summed E-state index contributed by atoms with van der Waals surface area (Å²) in [7, 11) is 3.91. The zero-order chi connectivity index (χ0) is 15.6. The molecule has 0 bridgehead atoms. The fourth-order valence-corrected chi connectivity index (χ4v) is 3.03. The summed E-state index contributed by atoms with van der Waals surface area (Å²) in [4.78, 5) is 16.9. The lowest BCUT2D eigenvalue weighted by molar-refractivity contribution is -0.139. The molecule has 2 atom stereocenters. The number of nitrogens with two attached hydrogens (primary N) is 1. The highest BCUT2D eigenvalue weighted by Gasteiger charge is 2.38. The van der Waals surface area contributed by atoms with Crippen LogP contribution in [-0.2, 0) is 4.79 Å². The second-order valence-corrected chi connectivity index (χ2v) is 6.92. The highest BCUT2D eigenvalue weighted by atomic mass is 35.5. The molecule has 1 fully saturated rings. The molecule has 0 radical (unpaired) electrons. The van der Waals surface area contributed by atoms with Gasteiger partial charge in [-0.1, -0.05) is 44.2 Å². The Labute approximate surface area is 152 Å². The molecule has 2 N–H and O–H groups in total. The van der Waals surface area contributed by atoms with E-state index < -0.39 is 0 Å². The van der Waals surface area contributed by atoms with Crippen molar-refractivity contribution in [2.75, 3.05) is 27.2 Å². The predicted octanol–water partition coefficient (Wildman–Crippen LogP) is 2.72. The number of piperidine rings is 1. The molecule has 4 nitrogen and oxygen atoms in total. The topological polar surface area (TPSA) is 49.6 Å². The van der Waals surface area contributed by atoms with E-state index in [0.717, 1.165) is 25.1 Å². The van der Waals surface area contributed by atoms with Gasteiger partial charge in [-0.15, -0.1) is 24.8 Å². The first-order valence-electron chi connectivity index (χ1n) is 7.58. The van der Waals surface area contributed by atoms with E-state index in [1.807, 2.05) is 54.2 Å². The minimum absolute atomic E-state index is 0. The largest absolute Gasteiger partial charge is 0.340 e. The molecule has 6 heteroatoms. The van der Waals surface area contributed by atoms with Gasteiger partial charge in [0.25, 0.3) is 0 Å². The first kappa shape index (κ1) is 22.2. The minimum atomic E-state index is -0.226. The van der Waals surface area contributed by atoms with Gasteiger partial charge < -0.3 is 10.6 Å². The van der Waals surface area contributed by atoms with Crippen molar-refractivity contribution in [3.8, 4) is 0 Å². The molecule has 1 heterocycles. The molecule has 1 aromatic rings. The maximum absolute atomic E-state index is 13.0. The van der Waals surface area contributed by atoms with Crippen molar-refractivity contribution in [2.45, 2.75) is 32.4 Å². The molecule has 0 aliphatic carbocycles. The van der Waals surface area contributed by atoms with E-state index >= 15 is 0 Å². The minimum Gasteiger partial charge on any atom is -0.340 e.